The largest absolute Gasteiger partial charge is 0.448 e. The summed E-state index contributed by atoms with van der Waals surface area (Å²) in [6, 6.07) is 19.6. The number of para-hydroxylation sites is 1. The SMILES string of the molecule is Cc1ncoc1CC(=O)N(Cc1ccccc1)c1ccccc1. The van der Waals surface area contributed by atoms with Gasteiger partial charge in [0.1, 0.15) is 5.76 Å². The first-order valence-electron chi connectivity index (χ1n) is 7.52. The van der Waals surface area contributed by atoms with Gasteiger partial charge in [0.2, 0.25) is 5.91 Å². The summed E-state index contributed by atoms with van der Waals surface area (Å²) < 4.78 is 5.31. The van der Waals surface area contributed by atoms with E-state index in [2.05, 4.69) is 4.98 Å². The first-order valence-corrected chi connectivity index (χ1v) is 7.52. The van der Waals surface area contributed by atoms with Crippen molar-refractivity contribution in [3.8, 4) is 0 Å². The molecule has 0 saturated heterocycles. The maximum Gasteiger partial charge on any atom is 0.234 e. The van der Waals surface area contributed by atoms with E-state index in [1.807, 2.05) is 67.6 Å². The molecular weight excluding hydrogens is 288 g/mol. The summed E-state index contributed by atoms with van der Waals surface area (Å²) in [5.41, 5.74) is 2.71. The summed E-state index contributed by atoms with van der Waals surface area (Å²) >= 11 is 0. The van der Waals surface area contributed by atoms with Crippen LogP contribution in [0.4, 0.5) is 5.69 Å². The Bertz CT molecular complexity index is 766. The summed E-state index contributed by atoms with van der Waals surface area (Å²) in [6.07, 6.45) is 1.58. The van der Waals surface area contributed by atoms with E-state index in [0.717, 1.165) is 16.9 Å². The number of aromatic nitrogens is 1. The number of aryl methyl sites for hydroxylation is 1. The molecule has 1 aromatic heterocycles. The summed E-state index contributed by atoms with van der Waals surface area (Å²) in [6.45, 7) is 2.37. The maximum atomic E-state index is 12.8. The first kappa shape index (κ1) is 15.0. The Balaban J connectivity index is 1.85. The molecule has 2 aromatic carbocycles. The second-order valence-corrected chi connectivity index (χ2v) is 5.34. The first-order chi connectivity index (χ1) is 11.2. The number of anilines is 1. The number of hydrogen-bond acceptors (Lipinski definition) is 3. The van der Waals surface area contributed by atoms with Gasteiger partial charge in [-0.05, 0) is 24.6 Å². The molecule has 0 saturated carbocycles. The van der Waals surface area contributed by atoms with Crippen molar-refractivity contribution in [1.29, 1.82) is 0 Å². The molecule has 0 aliphatic heterocycles. The van der Waals surface area contributed by atoms with Crippen molar-refractivity contribution in [3.05, 3.63) is 84.1 Å². The van der Waals surface area contributed by atoms with Crippen molar-refractivity contribution < 1.29 is 9.21 Å². The van der Waals surface area contributed by atoms with Gasteiger partial charge in [-0.1, -0.05) is 48.5 Å². The summed E-state index contributed by atoms with van der Waals surface area (Å²) in [4.78, 5) is 18.6. The molecule has 0 aliphatic carbocycles. The lowest BCUT2D eigenvalue weighted by Crippen LogP contribution is -2.31. The molecule has 1 amide bonds. The highest BCUT2D eigenvalue weighted by atomic mass is 16.3. The summed E-state index contributed by atoms with van der Waals surface area (Å²) in [5, 5.41) is 0. The Morgan fingerprint density at radius 3 is 2.30 bits per heavy atom. The van der Waals surface area contributed by atoms with Crippen LogP contribution in [0.2, 0.25) is 0 Å². The average Bonchev–Trinajstić information content (AvgIpc) is 2.99. The average molecular weight is 306 g/mol. The minimum Gasteiger partial charge on any atom is -0.448 e. The fourth-order valence-electron chi connectivity index (χ4n) is 2.43. The van der Waals surface area contributed by atoms with Crippen LogP contribution in [0.25, 0.3) is 0 Å². The zero-order chi connectivity index (χ0) is 16.1. The molecule has 0 fully saturated rings. The second kappa shape index (κ2) is 6.92. The number of nitrogens with zero attached hydrogens (tertiary/aromatic N) is 2. The van der Waals surface area contributed by atoms with Gasteiger partial charge in [0, 0.05) is 5.69 Å². The van der Waals surface area contributed by atoms with Crippen LogP contribution in [0, 0.1) is 6.92 Å². The van der Waals surface area contributed by atoms with E-state index in [1.54, 1.807) is 4.90 Å². The van der Waals surface area contributed by atoms with Crippen molar-refractivity contribution in [2.45, 2.75) is 19.9 Å². The van der Waals surface area contributed by atoms with Gasteiger partial charge in [-0.2, -0.15) is 0 Å². The Morgan fingerprint density at radius 2 is 1.70 bits per heavy atom. The molecule has 3 aromatic rings. The zero-order valence-electron chi connectivity index (χ0n) is 13.0. The number of oxazole rings is 1. The summed E-state index contributed by atoms with van der Waals surface area (Å²) in [5.74, 6) is 0.601. The number of carbonyl (C=O) groups excluding carboxylic acids is 1. The van der Waals surface area contributed by atoms with Crippen LogP contribution >= 0.6 is 0 Å². The van der Waals surface area contributed by atoms with Gasteiger partial charge in [0.15, 0.2) is 6.39 Å². The molecule has 1 heterocycles. The maximum absolute atomic E-state index is 12.8. The molecule has 0 bridgehead atoms. The smallest absolute Gasteiger partial charge is 0.234 e. The highest BCUT2D eigenvalue weighted by Crippen LogP contribution is 2.19. The Hall–Kier alpha value is -2.88. The predicted octanol–water partition coefficient (Wildman–Crippen LogP) is 3.76. The van der Waals surface area contributed by atoms with Crippen LogP contribution in [0.15, 0.2) is 71.5 Å². The Labute approximate surface area is 135 Å². The number of carbonyl (C=O) groups is 1. The van der Waals surface area contributed by atoms with Crippen LogP contribution in [-0.4, -0.2) is 10.9 Å². The molecule has 23 heavy (non-hydrogen) atoms. The van der Waals surface area contributed by atoms with Gasteiger partial charge in [-0.15, -0.1) is 0 Å². The highest BCUT2D eigenvalue weighted by Gasteiger charge is 2.19. The highest BCUT2D eigenvalue weighted by molar-refractivity contribution is 5.94. The quantitative estimate of drug-likeness (QED) is 0.721. The lowest BCUT2D eigenvalue weighted by atomic mass is 10.1. The number of benzene rings is 2. The van der Waals surface area contributed by atoms with Crippen molar-refractivity contribution in [2.24, 2.45) is 0 Å². The molecule has 0 aliphatic rings. The molecule has 4 heteroatoms. The lowest BCUT2D eigenvalue weighted by molar-refractivity contribution is -0.118. The van der Waals surface area contributed by atoms with Crippen molar-refractivity contribution >= 4 is 11.6 Å². The van der Waals surface area contributed by atoms with Gasteiger partial charge in [-0.25, -0.2) is 4.98 Å². The monoisotopic (exact) mass is 306 g/mol. The van der Waals surface area contributed by atoms with E-state index in [4.69, 9.17) is 4.42 Å². The van der Waals surface area contributed by atoms with E-state index < -0.39 is 0 Å². The lowest BCUT2D eigenvalue weighted by Gasteiger charge is -2.23. The van der Waals surface area contributed by atoms with Gasteiger partial charge in [0.05, 0.1) is 18.7 Å². The number of amides is 1. The van der Waals surface area contributed by atoms with Crippen LogP contribution < -0.4 is 4.90 Å². The zero-order valence-corrected chi connectivity index (χ0v) is 13.0. The van der Waals surface area contributed by atoms with E-state index in [1.165, 1.54) is 6.39 Å². The van der Waals surface area contributed by atoms with Crippen LogP contribution in [-0.2, 0) is 17.8 Å². The molecule has 4 nitrogen and oxygen atoms in total. The second-order valence-electron chi connectivity index (χ2n) is 5.34. The topological polar surface area (TPSA) is 46.3 Å². The molecule has 0 N–H and O–H groups in total. The molecule has 0 radical (unpaired) electrons. The van der Waals surface area contributed by atoms with Gasteiger partial charge >= 0.3 is 0 Å². The van der Waals surface area contributed by atoms with E-state index in [0.29, 0.717) is 12.3 Å². The molecule has 0 spiro atoms. The summed E-state index contributed by atoms with van der Waals surface area (Å²) in [7, 11) is 0. The fourth-order valence-corrected chi connectivity index (χ4v) is 2.43. The van der Waals surface area contributed by atoms with E-state index in [9.17, 15) is 4.79 Å². The van der Waals surface area contributed by atoms with Crippen LogP contribution in [0.1, 0.15) is 17.0 Å². The third-order valence-corrected chi connectivity index (χ3v) is 3.71. The van der Waals surface area contributed by atoms with E-state index in [-0.39, 0.29) is 12.3 Å². The van der Waals surface area contributed by atoms with Crippen LogP contribution in [0.3, 0.4) is 0 Å². The van der Waals surface area contributed by atoms with Gasteiger partial charge in [0.25, 0.3) is 0 Å². The molecular formula is C19H18N2O2. The standard InChI is InChI=1S/C19H18N2O2/c1-15-18(23-14-20-15)12-19(22)21(17-10-6-3-7-11-17)13-16-8-4-2-5-9-16/h2-11,14H,12-13H2,1H3. The minimum atomic E-state index is -0.0140. The molecule has 3 rings (SSSR count). The van der Waals surface area contributed by atoms with Crippen molar-refractivity contribution in [3.63, 3.8) is 0 Å². The third kappa shape index (κ3) is 3.66. The third-order valence-electron chi connectivity index (χ3n) is 3.71. The van der Waals surface area contributed by atoms with Crippen molar-refractivity contribution in [1.82, 2.24) is 4.98 Å². The van der Waals surface area contributed by atoms with E-state index >= 15 is 0 Å². The predicted molar refractivity (Wildman–Crippen MR) is 89.0 cm³/mol. The molecule has 0 unspecified atom stereocenters. The normalized spacial score (nSPS) is 10.5. The minimum absolute atomic E-state index is 0.0140. The number of rotatable bonds is 5. The van der Waals surface area contributed by atoms with Crippen molar-refractivity contribution in [2.75, 3.05) is 4.90 Å². The molecule has 116 valence electrons. The van der Waals surface area contributed by atoms with Gasteiger partial charge < -0.3 is 9.32 Å². The Kier molecular flexibility index (Phi) is 4.52. The fraction of sp³-hybridized carbons (Fsp3) is 0.158. The molecule has 0 atom stereocenters. The Morgan fingerprint density at radius 1 is 1.04 bits per heavy atom. The van der Waals surface area contributed by atoms with Gasteiger partial charge in [-0.3, -0.25) is 4.79 Å². The number of hydrogen-bond donors (Lipinski definition) is 0. The van der Waals surface area contributed by atoms with Crippen LogP contribution in [0.5, 0.6) is 0 Å².